The van der Waals surface area contributed by atoms with Gasteiger partial charge >= 0.3 is 0 Å². The van der Waals surface area contributed by atoms with Gasteiger partial charge in [0.25, 0.3) is 0 Å². The molecule has 1 aromatic rings. The third kappa shape index (κ3) is 3.49. The van der Waals surface area contributed by atoms with E-state index in [1.54, 1.807) is 6.07 Å². The maximum atomic E-state index is 14.1. The Hall–Kier alpha value is -1.13. The van der Waals surface area contributed by atoms with Gasteiger partial charge in [0.1, 0.15) is 5.82 Å². The Kier molecular flexibility index (Phi) is 5.00. The zero-order valence-electron chi connectivity index (χ0n) is 12.8. The minimum atomic E-state index is -0.143. The molecule has 0 radical (unpaired) electrons. The van der Waals surface area contributed by atoms with E-state index >= 15 is 0 Å². The van der Waals surface area contributed by atoms with Gasteiger partial charge in [-0.2, -0.15) is 0 Å². The Bertz CT molecular complexity index is 447. The van der Waals surface area contributed by atoms with E-state index < -0.39 is 0 Å². The van der Waals surface area contributed by atoms with Crippen molar-refractivity contribution in [3.8, 4) is 0 Å². The Balaban J connectivity index is 2.24. The Morgan fingerprint density at radius 2 is 2.25 bits per heavy atom. The van der Waals surface area contributed by atoms with Crippen LogP contribution < -0.4 is 10.6 Å². The highest BCUT2D eigenvalue weighted by Gasteiger charge is 2.23. The van der Waals surface area contributed by atoms with E-state index in [9.17, 15) is 4.39 Å². The molecule has 2 N–H and O–H groups in total. The van der Waals surface area contributed by atoms with Crippen molar-refractivity contribution in [2.75, 3.05) is 32.1 Å². The number of halogens is 1. The number of benzene rings is 1. The average Bonchev–Trinajstić information content (AvgIpc) is 2.40. The van der Waals surface area contributed by atoms with Crippen molar-refractivity contribution in [3.05, 3.63) is 29.6 Å². The van der Waals surface area contributed by atoms with Crippen LogP contribution in [0.25, 0.3) is 0 Å². The van der Waals surface area contributed by atoms with Crippen LogP contribution in [-0.2, 0) is 6.42 Å². The first-order valence-corrected chi connectivity index (χ1v) is 7.43. The van der Waals surface area contributed by atoms with Gasteiger partial charge in [0.15, 0.2) is 0 Å². The molecule has 1 aliphatic heterocycles. The van der Waals surface area contributed by atoms with Gasteiger partial charge in [-0.25, -0.2) is 4.39 Å². The highest BCUT2D eigenvalue weighted by Crippen LogP contribution is 2.27. The largest absolute Gasteiger partial charge is 0.370 e. The van der Waals surface area contributed by atoms with Crippen molar-refractivity contribution in [1.29, 1.82) is 0 Å². The third-order valence-corrected chi connectivity index (χ3v) is 4.15. The Morgan fingerprint density at radius 3 is 2.90 bits per heavy atom. The summed E-state index contributed by atoms with van der Waals surface area (Å²) in [6, 6.07) is 5.74. The standard InChI is InChI=1S/C16H26FN3/c1-12(18)10-14-15(17)7-4-8-16(14)20(3)13-6-5-9-19(2)11-13/h4,7-8,12-13H,5-6,9-11,18H2,1-3H3. The molecule has 0 bridgehead atoms. The first kappa shape index (κ1) is 15.3. The van der Waals surface area contributed by atoms with Gasteiger partial charge < -0.3 is 15.5 Å². The molecule has 0 aromatic heterocycles. The van der Waals surface area contributed by atoms with Gasteiger partial charge in [0.2, 0.25) is 0 Å². The van der Waals surface area contributed by atoms with Crippen molar-refractivity contribution in [1.82, 2.24) is 4.90 Å². The second-order valence-electron chi connectivity index (χ2n) is 6.09. The van der Waals surface area contributed by atoms with Gasteiger partial charge in [0, 0.05) is 36.9 Å². The van der Waals surface area contributed by atoms with Crippen LogP contribution in [0.15, 0.2) is 18.2 Å². The lowest BCUT2D eigenvalue weighted by Gasteiger charge is -2.38. The summed E-state index contributed by atoms with van der Waals surface area (Å²) in [5.41, 5.74) is 7.61. The molecule has 1 saturated heterocycles. The van der Waals surface area contributed by atoms with Crippen molar-refractivity contribution in [2.45, 2.75) is 38.3 Å². The van der Waals surface area contributed by atoms with Crippen molar-refractivity contribution >= 4 is 5.69 Å². The van der Waals surface area contributed by atoms with Crippen LogP contribution in [0.5, 0.6) is 0 Å². The number of nitrogens with two attached hydrogens (primary N) is 1. The SMILES string of the molecule is CC(N)Cc1c(F)cccc1N(C)C1CCCN(C)C1. The molecule has 112 valence electrons. The first-order chi connectivity index (χ1) is 9.49. The molecule has 2 atom stereocenters. The molecule has 1 heterocycles. The molecule has 3 nitrogen and oxygen atoms in total. The van der Waals surface area contributed by atoms with Gasteiger partial charge in [-0.15, -0.1) is 0 Å². The number of rotatable bonds is 4. The molecule has 0 saturated carbocycles. The second-order valence-corrected chi connectivity index (χ2v) is 6.09. The second kappa shape index (κ2) is 6.55. The molecule has 2 unspecified atom stereocenters. The van der Waals surface area contributed by atoms with E-state index in [0.717, 1.165) is 30.8 Å². The minimum Gasteiger partial charge on any atom is -0.370 e. The van der Waals surface area contributed by atoms with E-state index in [-0.39, 0.29) is 11.9 Å². The number of likely N-dealkylation sites (N-methyl/N-ethyl adjacent to an activating group) is 2. The number of anilines is 1. The first-order valence-electron chi connectivity index (χ1n) is 7.43. The van der Waals surface area contributed by atoms with Crippen LogP contribution in [0.3, 0.4) is 0 Å². The van der Waals surface area contributed by atoms with Gasteiger partial charge in [-0.1, -0.05) is 6.07 Å². The maximum Gasteiger partial charge on any atom is 0.128 e. The highest BCUT2D eigenvalue weighted by molar-refractivity contribution is 5.55. The summed E-state index contributed by atoms with van der Waals surface area (Å²) in [4.78, 5) is 4.58. The lowest BCUT2D eigenvalue weighted by atomic mass is 10.00. The zero-order chi connectivity index (χ0) is 14.7. The molecule has 0 aliphatic carbocycles. The number of piperidine rings is 1. The fraction of sp³-hybridized carbons (Fsp3) is 0.625. The third-order valence-electron chi connectivity index (χ3n) is 4.15. The summed E-state index contributed by atoms with van der Waals surface area (Å²) >= 11 is 0. The summed E-state index contributed by atoms with van der Waals surface area (Å²) in [5.74, 6) is -0.143. The predicted molar refractivity (Wildman–Crippen MR) is 82.7 cm³/mol. The molecular formula is C16H26FN3. The fourth-order valence-corrected chi connectivity index (χ4v) is 3.05. The van der Waals surface area contributed by atoms with Gasteiger partial charge in [-0.3, -0.25) is 0 Å². The lowest BCUT2D eigenvalue weighted by molar-refractivity contribution is 0.247. The molecular weight excluding hydrogens is 253 g/mol. The smallest absolute Gasteiger partial charge is 0.128 e. The van der Waals surface area contributed by atoms with Gasteiger partial charge in [-0.05, 0) is 51.9 Å². The molecule has 1 aromatic carbocycles. The fourth-order valence-electron chi connectivity index (χ4n) is 3.05. The molecule has 2 rings (SSSR count). The normalized spacial score (nSPS) is 21.8. The van der Waals surface area contributed by atoms with Crippen LogP contribution in [0.1, 0.15) is 25.3 Å². The summed E-state index contributed by atoms with van der Waals surface area (Å²) in [6.07, 6.45) is 2.94. The van der Waals surface area contributed by atoms with Crippen LogP contribution in [-0.4, -0.2) is 44.2 Å². The maximum absolute atomic E-state index is 14.1. The van der Waals surface area contributed by atoms with Crippen LogP contribution in [0.4, 0.5) is 10.1 Å². The number of hydrogen-bond donors (Lipinski definition) is 1. The summed E-state index contributed by atoms with van der Waals surface area (Å²) in [5, 5.41) is 0. The molecule has 1 fully saturated rings. The van der Waals surface area contributed by atoms with Crippen LogP contribution in [0, 0.1) is 5.82 Å². The molecule has 4 heteroatoms. The average molecular weight is 279 g/mol. The van der Waals surface area contributed by atoms with E-state index in [1.165, 1.54) is 12.5 Å². The highest BCUT2D eigenvalue weighted by atomic mass is 19.1. The number of nitrogens with zero attached hydrogens (tertiary/aromatic N) is 2. The van der Waals surface area contributed by atoms with Crippen LogP contribution in [0.2, 0.25) is 0 Å². The monoisotopic (exact) mass is 279 g/mol. The predicted octanol–water partition coefficient (Wildman–Crippen LogP) is 2.25. The quantitative estimate of drug-likeness (QED) is 0.917. The molecule has 20 heavy (non-hydrogen) atoms. The van der Waals surface area contributed by atoms with E-state index in [0.29, 0.717) is 12.5 Å². The Morgan fingerprint density at radius 1 is 1.50 bits per heavy atom. The Labute approximate surface area is 121 Å². The summed E-state index contributed by atoms with van der Waals surface area (Å²) in [7, 11) is 4.22. The number of likely N-dealkylation sites (tertiary alicyclic amines) is 1. The molecule has 1 aliphatic rings. The van der Waals surface area contributed by atoms with Crippen LogP contribution >= 0.6 is 0 Å². The summed E-state index contributed by atoms with van der Waals surface area (Å²) in [6.45, 7) is 4.11. The lowest BCUT2D eigenvalue weighted by Crippen LogP contribution is -2.45. The molecule has 0 amide bonds. The van der Waals surface area contributed by atoms with E-state index in [4.69, 9.17) is 5.73 Å². The van der Waals surface area contributed by atoms with Gasteiger partial charge in [0.05, 0.1) is 0 Å². The summed E-state index contributed by atoms with van der Waals surface area (Å²) < 4.78 is 14.1. The minimum absolute atomic E-state index is 0.0342. The van der Waals surface area contributed by atoms with Crippen molar-refractivity contribution < 1.29 is 4.39 Å². The zero-order valence-corrected chi connectivity index (χ0v) is 12.8. The topological polar surface area (TPSA) is 32.5 Å². The number of hydrogen-bond acceptors (Lipinski definition) is 3. The molecule has 0 spiro atoms. The van der Waals surface area contributed by atoms with E-state index in [1.807, 2.05) is 13.0 Å². The van der Waals surface area contributed by atoms with Crippen molar-refractivity contribution in [2.24, 2.45) is 5.73 Å². The van der Waals surface area contributed by atoms with E-state index in [2.05, 4.69) is 23.9 Å². The van der Waals surface area contributed by atoms with Crippen molar-refractivity contribution in [3.63, 3.8) is 0 Å².